The van der Waals surface area contributed by atoms with E-state index in [2.05, 4.69) is 42.9 Å². The SMILES string of the molecule is CC(C)CNC(=O)Cn1c(C(C)C)nc2c1CCNC2. The van der Waals surface area contributed by atoms with Crippen LogP contribution in [0.25, 0.3) is 0 Å². The van der Waals surface area contributed by atoms with Gasteiger partial charge in [0.05, 0.1) is 5.69 Å². The number of fused-ring (bicyclic) bond motifs is 1. The van der Waals surface area contributed by atoms with Crippen LogP contribution in [0.15, 0.2) is 0 Å². The fourth-order valence-electron chi connectivity index (χ4n) is 2.53. The number of nitrogens with zero attached hydrogens (tertiary/aromatic N) is 2. The molecule has 5 nitrogen and oxygen atoms in total. The molecule has 1 aliphatic rings. The molecule has 1 aromatic rings. The van der Waals surface area contributed by atoms with Crippen molar-refractivity contribution in [1.29, 1.82) is 0 Å². The average molecular weight is 278 g/mol. The summed E-state index contributed by atoms with van der Waals surface area (Å²) in [5, 5.41) is 6.33. The topological polar surface area (TPSA) is 59.0 Å². The van der Waals surface area contributed by atoms with Crippen molar-refractivity contribution in [2.75, 3.05) is 13.1 Å². The standard InChI is InChI=1S/C15H26N4O/c1-10(2)7-17-14(20)9-19-13-5-6-16-8-12(13)18-15(19)11(3)4/h10-11,16H,5-9H2,1-4H3,(H,17,20). The lowest BCUT2D eigenvalue weighted by molar-refractivity contribution is -0.121. The zero-order chi connectivity index (χ0) is 14.7. The minimum atomic E-state index is 0.0827. The van der Waals surface area contributed by atoms with Gasteiger partial charge in [-0.05, 0) is 5.92 Å². The molecule has 0 radical (unpaired) electrons. The first-order chi connectivity index (χ1) is 9.49. The highest BCUT2D eigenvalue weighted by Crippen LogP contribution is 2.21. The second kappa shape index (κ2) is 6.39. The third-order valence-corrected chi connectivity index (χ3v) is 3.54. The predicted octanol–water partition coefficient (Wildman–Crippen LogP) is 1.42. The van der Waals surface area contributed by atoms with Gasteiger partial charge in [0.15, 0.2) is 0 Å². The lowest BCUT2D eigenvalue weighted by atomic mass is 10.2. The Morgan fingerprint density at radius 1 is 1.40 bits per heavy atom. The normalized spacial score (nSPS) is 14.7. The Bertz CT molecular complexity index is 476. The fraction of sp³-hybridized carbons (Fsp3) is 0.733. The van der Waals surface area contributed by atoms with Crippen LogP contribution in [0.3, 0.4) is 0 Å². The van der Waals surface area contributed by atoms with E-state index >= 15 is 0 Å². The second-order valence-corrected chi connectivity index (χ2v) is 6.23. The average Bonchev–Trinajstić information content (AvgIpc) is 2.76. The number of rotatable bonds is 5. The maximum Gasteiger partial charge on any atom is 0.240 e. The summed E-state index contributed by atoms with van der Waals surface area (Å²) in [6.07, 6.45) is 0.951. The molecule has 0 fully saturated rings. The molecule has 0 atom stereocenters. The fourth-order valence-corrected chi connectivity index (χ4v) is 2.53. The molecule has 0 unspecified atom stereocenters. The Hall–Kier alpha value is -1.36. The lowest BCUT2D eigenvalue weighted by Crippen LogP contribution is -2.32. The summed E-state index contributed by atoms with van der Waals surface area (Å²) in [6, 6.07) is 0. The van der Waals surface area contributed by atoms with Crippen LogP contribution in [0, 0.1) is 5.92 Å². The van der Waals surface area contributed by atoms with Crippen molar-refractivity contribution in [3.8, 4) is 0 Å². The Labute approximate surface area is 121 Å². The van der Waals surface area contributed by atoms with Crippen LogP contribution >= 0.6 is 0 Å². The van der Waals surface area contributed by atoms with E-state index in [4.69, 9.17) is 4.98 Å². The maximum atomic E-state index is 12.1. The number of amides is 1. The maximum absolute atomic E-state index is 12.1. The van der Waals surface area contributed by atoms with Gasteiger partial charge in [-0.15, -0.1) is 0 Å². The molecular weight excluding hydrogens is 252 g/mol. The highest BCUT2D eigenvalue weighted by atomic mass is 16.1. The molecule has 112 valence electrons. The number of hydrogen-bond donors (Lipinski definition) is 2. The van der Waals surface area contributed by atoms with E-state index in [0.717, 1.165) is 37.6 Å². The Kier molecular flexibility index (Phi) is 4.81. The summed E-state index contributed by atoms with van der Waals surface area (Å²) >= 11 is 0. The van der Waals surface area contributed by atoms with E-state index in [1.54, 1.807) is 0 Å². The number of carbonyl (C=O) groups is 1. The smallest absolute Gasteiger partial charge is 0.240 e. The van der Waals surface area contributed by atoms with E-state index in [9.17, 15) is 4.79 Å². The third-order valence-electron chi connectivity index (χ3n) is 3.54. The summed E-state index contributed by atoms with van der Waals surface area (Å²) in [7, 11) is 0. The summed E-state index contributed by atoms with van der Waals surface area (Å²) in [5.74, 6) is 1.92. The van der Waals surface area contributed by atoms with Crippen LogP contribution in [-0.4, -0.2) is 28.5 Å². The molecule has 0 aliphatic carbocycles. The summed E-state index contributed by atoms with van der Waals surface area (Å²) < 4.78 is 2.12. The van der Waals surface area contributed by atoms with E-state index in [-0.39, 0.29) is 5.91 Å². The molecule has 2 heterocycles. The molecule has 2 rings (SSSR count). The molecule has 0 aromatic carbocycles. The molecule has 0 saturated heterocycles. The van der Waals surface area contributed by atoms with E-state index < -0.39 is 0 Å². The van der Waals surface area contributed by atoms with Gasteiger partial charge in [0, 0.05) is 37.7 Å². The molecule has 0 spiro atoms. The van der Waals surface area contributed by atoms with Crippen LogP contribution in [0.2, 0.25) is 0 Å². The number of imidazole rings is 1. The van der Waals surface area contributed by atoms with Gasteiger partial charge in [-0.2, -0.15) is 0 Å². The minimum absolute atomic E-state index is 0.0827. The van der Waals surface area contributed by atoms with Gasteiger partial charge in [0.1, 0.15) is 12.4 Å². The van der Waals surface area contributed by atoms with E-state index in [1.807, 2.05) is 0 Å². The second-order valence-electron chi connectivity index (χ2n) is 6.23. The van der Waals surface area contributed by atoms with Crippen molar-refractivity contribution < 1.29 is 4.79 Å². The van der Waals surface area contributed by atoms with Gasteiger partial charge in [0.25, 0.3) is 0 Å². The number of aromatic nitrogens is 2. The molecule has 1 aromatic heterocycles. The summed E-state index contributed by atoms with van der Waals surface area (Å²) in [6.45, 7) is 11.4. The van der Waals surface area contributed by atoms with Crippen molar-refractivity contribution in [3.05, 3.63) is 17.2 Å². The first kappa shape index (κ1) is 15.0. The number of carbonyl (C=O) groups excluding carboxylic acids is 1. The molecule has 0 saturated carbocycles. The van der Waals surface area contributed by atoms with Crippen molar-refractivity contribution in [2.45, 2.75) is 53.1 Å². The van der Waals surface area contributed by atoms with Crippen molar-refractivity contribution >= 4 is 5.91 Å². The molecule has 1 amide bonds. The quantitative estimate of drug-likeness (QED) is 0.856. The Morgan fingerprint density at radius 2 is 2.15 bits per heavy atom. The van der Waals surface area contributed by atoms with Gasteiger partial charge in [-0.3, -0.25) is 4.79 Å². The monoisotopic (exact) mass is 278 g/mol. The van der Waals surface area contributed by atoms with Gasteiger partial charge < -0.3 is 15.2 Å². The zero-order valence-corrected chi connectivity index (χ0v) is 13.0. The van der Waals surface area contributed by atoms with Gasteiger partial charge >= 0.3 is 0 Å². The first-order valence-corrected chi connectivity index (χ1v) is 7.54. The van der Waals surface area contributed by atoms with Gasteiger partial charge in [0.2, 0.25) is 5.91 Å². The van der Waals surface area contributed by atoms with Gasteiger partial charge in [-0.25, -0.2) is 4.98 Å². The Balaban J connectivity index is 2.16. The predicted molar refractivity (Wildman–Crippen MR) is 79.6 cm³/mol. The van der Waals surface area contributed by atoms with Crippen LogP contribution in [0.1, 0.15) is 50.8 Å². The van der Waals surface area contributed by atoms with E-state index in [0.29, 0.717) is 18.4 Å². The summed E-state index contributed by atoms with van der Waals surface area (Å²) in [4.78, 5) is 16.8. The third kappa shape index (κ3) is 3.39. The number of hydrogen-bond acceptors (Lipinski definition) is 3. The van der Waals surface area contributed by atoms with Crippen LogP contribution < -0.4 is 10.6 Å². The van der Waals surface area contributed by atoms with Crippen LogP contribution in [0.5, 0.6) is 0 Å². The molecule has 0 bridgehead atoms. The molecule has 2 N–H and O–H groups in total. The highest BCUT2D eigenvalue weighted by Gasteiger charge is 2.22. The minimum Gasteiger partial charge on any atom is -0.354 e. The lowest BCUT2D eigenvalue weighted by Gasteiger charge is -2.17. The van der Waals surface area contributed by atoms with Crippen molar-refractivity contribution in [1.82, 2.24) is 20.2 Å². The van der Waals surface area contributed by atoms with E-state index in [1.165, 1.54) is 5.69 Å². The first-order valence-electron chi connectivity index (χ1n) is 7.54. The molecule has 1 aliphatic heterocycles. The highest BCUT2D eigenvalue weighted by molar-refractivity contribution is 5.76. The summed E-state index contributed by atoms with van der Waals surface area (Å²) in [5.41, 5.74) is 2.34. The van der Waals surface area contributed by atoms with Gasteiger partial charge in [-0.1, -0.05) is 27.7 Å². The van der Waals surface area contributed by atoms with Crippen molar-refractivity contribution in [3.63, 3.8) is 0 Å². The van der Waals surface area contributed by atoms with Crippen LogP contribution in [0.4, 0.5) is 0 Å². The zero-order valence-electron chi connectivity index (χ0n) is 13.0. The molecule has 20 heavy (non-hydrogen) atoms. The molecular formula is C15H26N4O. The Morgan fingerprint density at radius 3 is 2.80 bits per heavy atom. The van der Waals surface area contributed by atoms with Crippen LogP contribution in [-0.2, 0) is 24.3 Å². The van der Waals surface area contributed by atoms with Crippen molar-refractivity contribution in [2.24, 2.45) is 5.92 Å². The largest absolute Gasteiger partial charge is 0.354 e. The molecule has 5 heteroatoms. The number of nitrogens with one attached hydrogen (secondary N) is 2.